The van der Waals surface area contributed by atoms with Crippen molar-refractivity contribution in [2.75, 3.05) is 6.61 Å². The van der Waals surface area contributed by atoms with Gasteiger partial charge >= 0.3 is 12.1 Å². The van der Waals surface area contributed by atoms with Crippen molar-refractivity contribution in [3.05, 3.63) is 0 Å². The number of ether oxygens (including phenoxy) is 2. The molecule has 6 nitrogen and oxygen atoms in total. The molecule has 1 aliphatic heterocycles. The van der Waals surface area contributed by atoms with Gasteiger partial charge in [0.2, 0.25) is 0 Å². The maximum atomic E-state index is 12.4. The predicted molar refractivity (Wildman–Crippen MR) is 71.2 cm³/mol. The quantitative estimate of drug-likeness (QED) is 0.799. The minimum absolute atomic E-state index is 0.0291. The smallest absolute Gasteiger partial charge is 0.413 e. The predicted octanol–water partition coefficient (Wildman–Crippen LogP) is 2.22. The Bertz CT molecular complexity index is 416. The highest BCUT2D eigenvalue weighted by Gasteiger charge is 2.56. The van der Waals surface area contributed by atoms with E-state index in [9.17, 15) is 14.7 Å². The molecular weight excluding hydrogens is 262 g/mol. The van der Waals surface area contributed by atoms with E-state index in [0.29, 0.717) is 18.8 Å². The Balaban J connectivity index is 2.26. The molecule has 1 saturated carbocycles. The highest BCUT2D eigenvalue weighted by molar-refractivity contribution is 5.81. The Kier molecular flexibility index (Phi) is 3.71. The number of aliphatic carboxylic acids is 1. The van der Waals surface area contributed by atoms with Crippen LogP contribution in [0.4, 0.5) is 4.79 Å². The van der Waals surface area contributed by atoms with Crippen LogP contribution in [0.3, 0.4) is 0 Å². The summed E-state index contributed by atoms with van der Waals surface area (Å²) in [6.07, 6.45) is 1.65. The van der Waals surface area contributed by atoms with Gasteiger partial charge in [-0.15, -0.1) is 0 Å². The molecule has 0 aromatic carbocycles. The Morgan fingerprint density at radius 2 is 2.05 bits per heavy atom. The second-order valence-corrected chi connectivity index (χ2v) is 6.81. The van der Waals surface area contributed by atoms with Crippen molar-refractivity contribution in [2.24, 2.45) is 5.92 Å². The van der Waals surface area contributed by atoms with Gasteiger partial charge in [-0.05, 0) is 46.0 Å². The largest absolute Gasteiger partial charge is 0.480 e. The fourth-order valence-corrected chi connectivity index (χ4v) is 3.02. The molecule has 1 N–H and O–H groups in total. The fourth-order valence-electron chi connectivity index (χ4n) is 3.02. The number of carboxylic acid groups (broad SMARTS) is 1. The van der Waals surface area contributed by atoms with Gasteiger partial charge < -0.3 is 14.6 Å². The molecule has 0 aromatic rings. The first-order valence-electron chi connectivity index (χ1n) is 7.04. The summed E-state index contributed by atoms with van der Waals surface area (Å²) in [4.78, 5) is 25.1. The Labute approximate surface area is 119 Å². The van der Waals surface area contributed by atoms with Crippen LogP contribution in [-0.2, 0) is 14.3 Å². The molecule has 114 valence electrons. The minimum Gasteiger partial charge on any atom is -0.480 e. The van der Waals surface area contributed by atoms with E-state index in [1.54, 1.807) is 20.8 Å². The third-order valence-electron chi connectivity index (χ3n) is 3.83. The summed E-state index contributed by atoms with van der Waals surface area (Å²) in [5.41, 5.74) is -1.46. The van der Waals surface area contributed by atoms with Gasteiger partial charge in [-0.25, -0.2) is 9.59 Å². The summed E-state index contributed by atoms with van der Waals surface area (Å²) in [5, 5.41) is 9.31. The number of carbonyl (C=O) groups is 2. The SMILES string of the molecule is CC1CCC2(C1)OCC(C(=O)O)N2C(=O)OC(C)(C)C. The van der Waals surface area contributed by atoms with E-state index in [1.807, 2.05) is 0 Å². The van der Waals surface area contributed by atoms with E-state index in [4.69, 9.17) is 9.47 Å². The van der Waals surface area contributed by atoms with E-state index in [2.05, 4.69) is 6.92 Å². The zero-order valence-corrected chi connectivity index (χ0v) is 12.5. The molecule has 1 amide bonds. The van der Waals surface area contributed by atoms with Gasteiger partial charge in [0.25, 0.3) is 0 Å². The van der Waals surface area contributed by atoms with Gasteiger partial charge in [0.05, 0.1) is 6.61 Å². The lowest BCUT2D eigenvalue weighted by atomic mass is 10.1. The first-order chi connectivity index (χ1) is 9.15. The van der Waals surface area contributed by atoms with Crippen LogP contribution in [0.1, 0.15) is 47.0 Å². The van der Waals surface area contributed by atoms with Crippen LogP contribution in [0.5, 0.6) is 0 Å². The topological polar surface area (TPSA) is 76.1 Å². The van der Waals surface area contributed by atoms with Crippen LogP contribution in [0.25, 0.3) is 0 Å². The maximum absolute atomic E-state index is 12.4. The average Bonchev–Trinajstić information content (AvgIpc) is 2.81. The molecule has 1 aliphatic carbocycles. The molecule has 2 aliphatic rings. The van der Waals surface area contributed by atoms with Crippen molar-refractivity contribution in [2.45, 2.75) is 64.3 Å². The van der Waals surface area contributed by atoms with Crippen molar-refractivity contribution in [3.63, 3.8) is 0 Å². The summed E-state index contributed by atoms with van der Waals surface area (Å²) in [7, 11) is 0. The molecule has 0 aromatic heterocycles. The zero-order chi connectivity index (χ0) is 15.1. The van der Waals surface area contributed by atoms with Crippen molar-refractivity contribution in [1.82, 2.24) is 4.90 Å². The third-order valence-corrected chi connectivity index (χ3v) is 3.83. The standard InChI is InChI=1S/C14H23NO5/c1-9-5-6-14(7-9)15(10(8-19-14)11(16)17)12(18)20-13(2,3)4/h9-10H,5-8H2,1-4H3,(H,16,17). The lowest BCUT2D eigenvalue weighted by molar-refractivity contribution is -0.143. The molecule has 2 rings (SSSR count). The molecule has 20 heavy (non-hydrogen) atoms. The second-order valence-electron chi connectivity index (χ2n) is 6.81. The molecule has 1 spiro atoms. The number of carbonyl (C=O) groups excluding carboxylic acids is 1. The molecule has 0 radical (unpaired) electrons. The number of rotatable bonds is 1. The van der Waals surface area contributed by atoms with Gasteiger partial charge in [0, 0.05) is 0 Å². The van der Waals surface area contributed by atoms with Crippen molar-refractivity contribution in [3.8, 4) is 0 Å². The maximum Gasteiger partial charge on any atom is 0.413 e. The molecule has 1 saturated heterocycles. The van der Waals surface area contributed by atoms with E-state index in [0.717, 1.165) is 6.42 Å². The van der Waals surface area contributed by atoms with Crippen LogP contribution in [0.2, 0.25) is 0 Å². The van der Waals surface area contributed by atoms with Gasteiger partial charge in [-0.2, -0.15) is 0 Å². The number of amides is 1. The normalized spacial score (nSPS) is 33.7. The van der Waals surface area contributed by atoms with Gasteiger partial charge in [0.1, 0.15) is 11.3 Å². The van der Waals surface area contributed by atoms with Crippen LogP contribution < -0.4 is 0 Å². The third kappa shape index (κ3) is 2.75. The molecule has 3 atom stereocenters. The Morgan fingerprint density at radius 3 is 2.50 bits per heavy atom. The highest BCUT2D eigenvalue weighted by atomic mass is 16.6. The van der Waals surface area contributed by atoms with Crippen LogP contribution in [-0.4, -0.2) is 46.0 Å². The highest BCUT2D eigenvalue weighted by Crippen LogP contribution is 2.45. The lowest BCUT2D eigenvalue weighted by Gasteiger charge is -2.36. The molecule has 2 fully saturated rings. The molecule has 1 heterocycles. The van der Waals surface area contributed by atoms with Crippen molar-refractivity contribution >= 4 is 12.1 Å². The summed E-state index contributed by atoms with van der Waals surface area (Å²) in [6.45, 7) is 7.41. The summed E-state index contributed by atoms with van der Waals surface area (Å²) < 4.78 is 11.1. The molecular formula is C14H23NO5. The van der Waals surface area contributed by atoms with Crippen LogP contribution in [0.15, 0.2) is 0 Å². The van der Waals surface area contributed by atoms with Gasteiger partial charge in [0.15, 0.2) is 6.04 Å². The Hall–Kier alpha value is -1.30. The lowest BCUT2D eigenvalue weighted by Crippen LogP contribution is -2.53. The van der Waals surface area contributed by atoms with E-state index >= 15 is 0 Å². The molecule has 3 unspecified atom stereocenters. The van der Waals surface area contributed by atoms with E-state index < -0.39 is 29.4 Å². The second kappa shape index (κ2) is 4.91. The van der Waals surface area contributed by atoms with Crippen LogP contribution in [0, 0.1) is 5.92 Å². The first kappa shape index (κ1) is 15.1. The molecule has 6 heteroatoms. The fraction of sp³-hybridized carbons (Fsp3) is 0.857. The number of hydrogen-bond acceptors (Lipinski definition) is 4. The number of nitrogens with zero attached hydrogens (tertiary/aromatic N) is 1. The van der Waals surface area contributed by atoms with Gasteiger partial charge in [-0.1, -0.05) is 6.92 Å². The summed E-state index contributed by atoms with van der Waals surface area (Å²) in [6, 6.07) is -0.963. The number of carboxylic acids is 1. The van der Waals surface area contributed by atoms with Crippen LogP contribution >= 0.6 is 0 Å². The van der Waals surface area contributed by atoms with Crippen molar-refractivity contribution in [1.29, 1.82) is 0 Å². The Morgan fingerprint density at radius 1 is 1.40 bits per heavy atom. The average molecular weight is 285 g/mol. The summed E-state index contributed by atoms with van der Waals surface area (Å²) >= 11 is 0. The van der Waals surface area contributed by atoms with Crippen molar-refractivity contribution < 1.29 is 24.2 Å². The zero-order valence-electron chi connectivity index (χ0n) is 12.5. The van der Waals surface area contributed by atoms with E-state index in [1.165, 1.54) is 4.90 Å². The minimum atomic E-state index is -1.05. The monoisotopic (exact) mass is 285 g/mol. The number of hydrogen-bond donors (Lipinski definition) is 1. The first-order valence-corrected chi connectivity index (χ1v) is 7.04. The summed E-state index contributed by atoms with van der Waals surface area (Å²) in [5.74, 6) is -0.639. The molecule has 0 bridgehead atoms. The van der Waals surface area contributed by atoms with E-state index in [-0.39, 0.29) is 6.61 Å². The van der Waals surface area contributed by atoms with Gasteiger partial charge in [-0.3, -0.25) is 4.90 Å².